The van der Waals surface area contributed by atoms with E-state index in [0.29, 0.717) is 6.04 Å². The van der Waals surface area contributed by atoms with Gasteiger partial charge in [-0.1, -0.05) is 25.3 Å². The van der Waals surface area contributed by atoms with Crippen molar-refractivity contribution >= 4 is 5.96 Å². The largest absolute Gasteiger partial charge is 0.357 e. The standard InChI is InChI=1S/C19H32N4O/c1-3-20-19(22-17-11-5-4-6-12-17)21-14-7-8-15-23-16(2)10-9-13-18(23)24/h9-10,13,17H,3-8,11-12,14-15H2,1-2H3,(H2,20,21,22). The van der Waals surface area contributed by atoms with E-state index in [-0.39, 0.29) is 5.56 Å². The van der Waals surface area contributed by atoms with Crippen molar-refractivity contribution in [3.05, 3.63) is 34.2 Å². The number of rotatable bonds is 7. The molecular weight excluding hydrogens is 300 g/mol. The average molecular weight is 332 g/mol. The summed E-state index contributed by atoms with van der Waals surface area (Å²) in [4.78, 5) is 16.5. The Hall–Kier alpha value is -1.78. The monoisotopic (exact) mass is 332 g/mol. The zero-order valence-corrected chi connectivity index (χ0v) is 15.2. The molecule has 0 saturated heterocycles. The molecule has 0 radical (unpaired) electrons. The van der Waals surface area contributed by atoms with Gasteiger partial charge in [0.25, 0.3) is 5.56 Å². The Bertz CT molecular complexity index is 573. The van der Waals surface area contributed by atoms with E-state index in [2.05, 4.69) is 17.6 Å². The highest BCUT2D eigenvalue weighted by Crippen LogP contribution is 2.17. The summed E-state index contributed by atoms with van der Waals surface area (Å²) in [6.45, 7) is 6.53. The molecule has 2 N–H and O–H groups in total. The van der Waals surface area contributed by atoms with Gasteiger partial charge in [-0.2, -0.15) is 0 Å². The first-order valence-corrected chi connectivity index (χ1v) is 9.42. The first-order chi connectivity index (χ1) is 11.7. The van der Waals surface area contributed by atoms with E-state index in [1.165, 1.54) is 32.1 Å². The Morgan fingerprint density at radius 3 is 2.75 bits per heavy atom. The minimum atomic E-state index is 0.0887. The first kappa shape index (κ1) is 18.6. The molecule has 0 atom stereocenters. The van der Waals surface area contributed by atoms with E-state index >= 15 is 0 Å². The molecule has 1 aliphatic rings. The average Bonchev–Trinajstić information content (AvgIpc) is 2.58. The fraction of sp³-hybridized carbons (Fsp3) is 0.684. The summed E-state index contributed by atoms with van der Waals surface area (Å²) >= 11 is 0. The quantitative estimate of drug-likeness (QED) is 0.458. The summed E-state index contributed by atoms with van der Waals surface area (Å²) in [7, 11) is 0. The highest BCUT2D eigenvalue weighted by molar-refractivity contribution is 5.80. The predicted molar refractivity (Wildman–Crippen MR) is 101 cm³/mol. The maximum Gasteiger partial charge on any atom is 0.250 e. The van der Waals surface area contributed by atoms with Crippen LogP contribution in [0.3, 0.4) is 0 Å². The van der Waals surface area contributed by atoms with Crippen LogP contribution in [0.15, 0.2) is 28.0 Å². The number of aromatic nitrogens is 1. The topological polar surface area (TPSA) is 58.4 Å². The second-order valence-corrected chi connectivity index (χ2v) is 6.60. The Kier molecular flexibility index (Phi) is 7.86. The van der Waals surface area contributed by atoms with Crippen LogP contribution in [0.5, 0.6) is 0 Å². The van der Waals surface area contributed by atoms with Crippen molar-refractivity contribution in [2.75, 3.05) is 13.1 Å². The van der Waals surface area contributed by atoms with Gasteiger partial charge in [-0.3, -0.25) is 9.79 Å². The Morgan fingerprint density at radius 2 is 2.04 bits per heavy atom. The van der Waals surface area contributed by atoms with Gasteiger partial charge in [0.15, 0.2) is 5.96 Å². The number of aliphatic imine (C=N–C) groups is 1. The Labute approximate surface area is 145 Å². The molecule has 0 aliphatic heterocycles. The van der Waals surface area contributed by atoms with Crippen molar-refractivity contribution in [2.24, 2.45) is 4.99 Å². The predicted octanol–water partition coefficient (Wildman–Crippen LogP) is 2.82. The fourth-order valence-corrected chi connectivity index (χ4v) is 3.24. The minimum absolute atomic E-state index is 0.0887. The molecule has 0 unspecified atom stereocenters. The molecule has 1 aliphatic carbocycles. The highest BCUT2D eigenvalue weighted by Gasteiger charge is 2.14. The van der Waals surface area contributed by atoms with Crippen molar-refractivity contribution in [1.82, 2.24) is 15.2 Å². The SMILES string of the molecule is CCNC(=NCCCCn1c(C)cccc1=O)NC1CCCCC1. The summed E-state index contributed by atoms with van der Waals surface area (Å²) < 4.78 is 1.84. The van der Waals surface area contributed by atoms with E-state index in [1.807, 2.05) is 23.6 Å². The molecule has 1 saturated carbocycles. The lowest BCUT2D eigenvalue weighted by atomic mass is 9.96. The number of guanidine groups is 1. The van der Waals surface area contributed by atoms with Gasteiger partial charge < -0.3 is 15.2 Å². The maximum absolute atomic E-state index is 11.8. The number of nitrogens with zero attached hydrogens (tertiary/aromatic N) is 2. The second kappa shape index (κ2) is 10.2. The highest BCUT2D eigenvalue weighted by atomic mass is 16.1. The summed E-state index contributed by atoms with van der Waals surface area (Å²) in [6.07, 6.45) is 8.47. The Morgan fingerprint density at radius 1 is 1.25 bits per heavy atom. The Balaban J connectivity index is 1.76. The molecule has 1 heterocycles. The molecule has 134 valence electrons. The molecule has 1 aromatic heterocycles. The van der Waals surface area contributed by atoms with Crippen LogP contribution in [0, 0.1) is 6.92 Å². The van der Waals surface area contributed by atoms with Gasteiger partial charge in [-0.05, 0) is 45.6 Å². The summed E-state index contributed by atoms with van der Waals surface area (Å²) in [6, 6.07) is 6.00. The van der Waals surface area contributed by atoms with E-state index in [4.69, 9.17) is 4.99 Å². The zero-order valence-electron chi connectivity index (χ0n) is 15.2. The molecule has 24 heavy (non-hydrogen) atoms. The normalized spacial score (nSPS) is 16.2. The second-order valence-electron chi connectivity index (χ2n) is 6.60. The number of aryl methyl sites for hydroxylation is 1. The van der Waals surface area contributed by atoms with Gasteiger partial charge in [-0.25, -0.2) is 0 Å². The van der Waals surface area contributed by atoms with Crippen LogP contribution in [-0.4, -0.2) is 29.7 Å². The van der Waals surface area contributed by atoms with E-state index in [0.717, 1.165) is 44.1 Å². The molecule has 1 aromatic rings. The van der Waals surface area contributed by atoms with Crippen LogP contribution < -0.4 is 16.2 Å². The van der Waals surface area contributed by atoms with E-state index in [9.17, 15) is 4.79 Å². The summed E-state index contributed by atoms with van der Waals surface area (Å²) in [5, 5.41) is 6.91. The third-order valence-electron chi connectivity index (χ3n) is 4.62. The number of pyridine rings is 1. The van der Waals surface area contributed by atoms with Crippen molar-refractivity contribution in [3.8, 4) is 0 Å². The smallest absolute Gasteiger partial charge is 0.250 e. The van der Waals surface area contributed by atoms with E-state index < -0.39 is 0 Å². The van der Waals surface area contributed by atoms with Crippen LogP contribution in [-0.2, 0) is 6.54 Å². The van der Waals surface area contributed by atoms with Gasteiger partial charge in [0.1, 0.15) is 0 Å². The summed E-state index contributed by atoms with van der Waals surface area (Å²) in [5.41, 5.74) is 1.11. The van der Waals surface area contributed by atoms with Gasteiger partial charge in [0.05, 0.1) is 0 Å². The lowest BCUT2D eigenvalue weighted by Crippen LogP contribution is -2.44. The lowest BCUT2D eigenvalue weighted by molar-refractivity contribution is 0.410. The van der Waals surface area contributed by atoms with Gasteiger partial charge in [-0.15, -0.1) is 0 Å². The zero-order chi connectivity index (χ0) is 17.2. The molecule has 0 spiro atoms. The van der Waals surface area contributed by atoms with Crippen molar-refractivity contribution in [1.29, 1.82) is 0 Å². The molecule has 2 rings (SSSR count). The molecule has 5 heteroatoms. The lowest BCUT2D eigenvalue weighted by Gasteiger charge is -2.24. The van der Waals surface area contributed by atoms with Crippen molar-refractivity contribution in [2.45, 2.75) is 71.4 Å². The molecule has 0 aromatic carbocycles. The number of hydrogen-bond donors (Lipinski definition) is 2. The van der Waals surface area contributed by atoms with Crippen LogP contribution >= 0.6 is 0 Å². The van der Waals surface area contributed by atoms with E-state index in [1.54, 1.807) is 6.07 Å². The van der Waals surface area contributed by atoms with Crippen molar-refractivity contribution < 1.29 is 0 Å². The first-order valence-electron chi connectivity index (χ1n) is 9.42. The number of nitrogens with one attached hydrogen (secondary N) is 2. The molecule has 0 bridgehead atoms. The van der Waals surface area contributed by atoms with Crippen LogP contribution in [0.1, 0.15) is 57.6 Å². The maximum atomic E-state index is 11.8. The van der Waals surface area contributed by atoms with Crippen LogP contribution in [0.25, 0.3) is 0 Å². The van der Waals surface area contributed by atoms with Gasteiger partial charge in [0.2, 0.25) is 0 Å². The van der Waals surface area contributed by atoms with Gasteiger partial charge >= 0.3 is 0 Å². The van der Waals surface area contributed by atoms with Gasteiger partial charge in [0, 0.05) is 37.4 Å². The molecule has 1 fully saturated rings. The number of unbranched alkanes of at least 4 members (excludes halogenated alkanes) is 1. The number of hydrogen-bond acceptors (Lipinski definition) is 2. The third kappa shape index (κ3) is 6.02. The summed E-state index contributed by atoms with van der Waals surface area (Å²) in [5.74, 6) is 0.942. The van der Waals surface area contributed by atoms with Crippen LogP contribution in [0.4, 0.5) is 0 Å². The third-order valence-corrected chi connectivity index (χ3v) is 4.62. The molecule has 0 amide bonds. The van der Waals surface area contributed by atoms with Crippen molar-refractivity contribution in [3.63, 3.8) is 0 Å². The fourth-order valence-electron chi connectivity index (χ4n) is 3.24. The molecular formula is C19H32N4O. The van der Waals surface area contributed by atoms with Crippen LogP contribution in [0.2, 0.25) is 0 Å². The molecule has 5 nitrogen and oxygen atoms in total. The minimum Gasteiger partial charge on any atom is -0.357 e.